The van der Waals surface area contributed by atoms with Crippen molar-refractivity contribution in [2.24, 2.45) is 17.0 Å². The smallest absolute Gasteiger partial charge is 0.407 e. The van der Waals surface area contributed by atoms with E-state index in [1.54, 1.807) is 13.3 Å². The fourth-order valence-electron chi connectivity index (χ4n) is 6.76. The summed E-state index contributed by atoms with van der Waals surface area (Å²) in [5.74, 6) is 1.69. The van der Waals surface area contributed by atoms with Gasteiger partial charge in [-0.2, -0.15) is 0 Å². The summed E-state index contributed by atoms with van der Waals surface area (Å²) in [4.78, 5) is 20.5. The van der Waals surface area contributed by atoms with Gasteiger partial charge < -0.3 is 24.4 Å². The number of hydrogen-bond acceptors (Lipinski definition) is 5. The van der Waals surface area contributed by atoms with Crippen LogP contribution in [0, 0.1) is 11.8 Å². The molecule has 0 atom stereocenters. The van der Waals surface area contributed by atoms with E-state index >= 15 is 0 Å². The van der Waals surface area contributed by atoms with Crippen molar-refractivity contribution in [3.63, 3.8) is 0 Å². The standard InChI is InChI=1S/C33H44N4O3/c1-24(2)26-13-15-27(16-14-26)36-19-17-28(18-20-36)37-31-12-8-7-11-29(31)30(21-35-39-3)32(37)22-34-33(38)40-23-25-9-5-4-6-10-25/h4-12,21,24,26-28H,13-20,22-23H2,1-3H3,(H,34,38)/b35-21-/t26-,27+. The van der Waals surface area contributed by atoms with Crippen LogP contribution in [0.4, 0.5) is 4.79 Å². The summed E-state index contributed by atoms with van der Waals surface area (Å²) in [6.07, 6.45) is 8.92. The Balaban J connectivity index is 1.31. The number of amides is 1. The molecule has 1 saturated carbocycles. The predicted molar refractivity (Wildman–Crippen MR) is 160 cm³/mol. The van der Waals surface area contributed by atoms with Gasteiger partial charge in [-0.15, -0.1) is 0 Å². The van der Waals surface area contributed by atoms with Gasteiger partial charge in [-0.1, -0.05) is 67.5 Å². The molecule has 0 bridgehead atoms. The lowest BCUT2D eigenvalue weighted by Gasteiger charge is -2.42. The number of ether oxygens (including phenoxy) is 1. The Kier molecular flexibility index (Phi) is 9.42. The van der Waals surface area contributed by atoms with Crippen LogP contribution in [0.5, 0.6) is 0 Å². The average molecular weight is 545 g/mol. The fraction of sp³-hybridized carbons (Fsp3) is 0.515. The Labute approximate surface area is 238 Å². The minimum Gasteiger partial charge on any atom is -0.445 e. The zero-order valence-corrected chi connectivity index (χ0v) is 24.2. The number of nitrogens with one attached hydrogen (secondary N) is 1. The van der Waals surface area contributed by atoms with E-state index in [4.69, 9.17) is 9.57 Å². The van der Waals surface area contributed by atoms with Crippen molar-refractivity contribution in [2.45, 2.75) is 77.6 Å². The van der Waals surface area contributed by atoms with Crippen LogP contribution in [-0.4, -0.2) is 48.0 Å². The summed E-state index contributed by atoms with van der Waals surface area (Å²) in [5.41, 5.74) is 4.15. The molecule has 40 heavy (non-hydrogen) atoms. The Bertz CT molecular complexity index is 1270. The molecule has 1 saturated heterocycles. The monoisotopic (exact) mass is 544 g/mol. The lowest BCUT2D eigenvalue weighted by molar-refractivity contribution is 0.0888. The van der Waals surface area contributed by atoms with Crippen LogP contribution in [0.1, 0.15) is 75.2 Å². The summed E-state index contributed by atoms with van der Waals surface area (Å²) in [6.45, 7) is 7.57. The second kappa shape index (κ2) is 13.4. The second-order valence-corrected chi connectivity index (χ2v) is 11.7. The van der Waals surface area contributed by atoms with Crippen LogP contribution in [0.2, 0.25) is 0 Å². The van der Waals surface area contributed by atoms with Gasteiger partial charge >= 0.3 is 6.09 Å². The van der Waals surface area contributed by atoms with Gasteiger partial charge in [0.2, 0.25) is 0 Å². The maximum absolute atomic E-state index is 12.7. The summed E-state index contributed by atoms with van der Waals surface area (Å²) in [7, 11) is 1.55. The van der Waals surface area contributed by atoms with E-state index in [1.165, 1.54) is 31.2 Å². The van der Waals surface area contributed by atoms with E-state index in [1.807, 2.05) is 30.3 Å². The molecule has 7 heteroatoms. The Morgan fingerprint density at radius 2 is 1.68 bits per heavy atom. The number of likely N-dealkylation sites (tertiary alicyclic amines) is 1. The Hall–Kier alpha value is -3.32. The van der Waals surface area contributed by atoms with Gasteiger partial charge in [0.25, 0.3) is 0 Å². The molecule has 1 aromatic heterocycles. The number of fused-ring (bicyclic) bond motifs is 1. The number of rotatable bonds is 9. The van der Waals surface area contributed by atoms with Crippen LogP contribution in [0.25, 0.3) is 10.9 Å². The molecule has 7 nitrogen and oxygen atoms in total. The Morgan fingerprint density at radius 3 is 2.38 bits per heavy atom. The number of aromatic nitrogens is 1. The highest BCUT2D eigenvalue weighted by Gasteiger charge is 2.32. The molecule has 0 spiro atoms. The van der Waals surface area contributed by atoms with Crippen LogP contribution >= 0.6 is 0 Å². The minimum absolute atomic E-state index is 0.241. The molecular formula is C33H44N4O3. The van der Waals surface area contributed by atoms with Crippen molar-refractivity contribution in [1.82, 2.24) is 14.8 Å². The zero-order chi connectivity index (χ0) is 27.9. The van der Waals surface area contributed by atoms with Crippen molar-refractivity contribution in [3.8, 4) is 0 Å². The largest absolute Gasteiger partial charge is 0.445 e. The third kappa shape index (κ3) is 6.52. The number of para-hydroxylation sites is 1. The van der Waals surface area contributed by atoms with Gasteiger partial charge in [0, 0.05) is 47.3 Å². The summed E-state index contributed by atoms with van der Waals surface area (Å²) >= 11 is 0. The van der Waals surface area contributed by atoms with Gasteiger partial charge in [0.05, 0.1) is 12.8 Å². The molecule has 5 rings (SSSR count). The molecular weight excluding hydrogens is 500 g/mol. The lowest BCUT2D eigenvalue weighted by atomic mass is 9.79. The highest BCUT2D eigenvalue weighted by Crippen LogP contribution is 2.37. The summed E-state index contributed by atoms with van der Waals surface area (Å²) in [6, 6.07) is 19.3. The first kappa shape index (κ1) is 28.2. The first-order chi connectivity index (χ1) is 19.5. The highest BCUT2D eigenvalue weighted by molar-refractivity contribution is 6.01. The summed E-state index contributed by atoms with van der Waals surface area (Å²) < 4.78 is 7.95. The van der Waals surface area contributed by atoms with Gasteiger partial charge in [0.15, 0.2) is 0 Å². The van der Waals surface area contributed by atoms with E-state index < -0.39 is 6.09 Å². The van der Waals surface area contributed by atoms with Crippen LogP contribution in [-0.2, 0) is 22.7 Å². The fourth-order valence-corrected chi connectivity index (χ4v) is 6.76. The number of oxime groups is 1. The van der Waals surface area contributed by atoms with Crippen molar-refractivity contribution >= 4 is 23.2 Å². The second-order valence-electron chi connectivity index (χ2n) is 11.7. The first-order valence-electron chi connectivity index (χ1n) is 14.9. The minimum atomic E-state index is -0.429. The summed E-state index contributed by atoms with van der Waals surface area (Å²) in [5, 5.41) is 8.24. The van der Waals surface area contributed by atoms with Gasteiger partial charge in [-0.3, -0.25) is 0 Å². The molecule has 1 N–H and O–H groups in total. The molecule has 1 amide bonds. The van der Waals surface area contributed by atoms with Crippen molar-refractivity contribution in [1.29, 1.82) is 0 Å². The normalized spacial score (nSPS) is 20.8. The van der Waals surface area contributed by atoms with Gasteiger partial charge in [-0.05, 0) is 62.0 Å². The van der Waals surface area contributed by atoms with E-state index in [2.05, 4.69) is 58.1 Å². The quantitative estimate of drug-likeness (QED) is 0.235. The maximum Gasteiger partial charge on any atom is 0.407 e. The number of alkyl carbamates (subject to hydrolysis) is 1. The average Bonchev–Trinajstić information content (AvgIpc) is 3.31. The van der Waals surface area contributed by atoms with Crippen molar-refractivity contribution < 1.29 is 14.4 Å². The van der Waals surface area contributed by atoms with E-state index in [0.29, 0.717) is 12.6 Å². The molecule has 2 aromatic carbocycles. The predicted octanol–water partition coefficient (Wildman–Crippen LogP) is 6.90. The zero-order valence-electron chi connectivity index (χ0n) is 24.2. The molecule has 2 fully saturated rings. The van der Waals surface area contributed by atoms with Crippen LogP contribution in [0.15, 0.2) is 59.8 Å². The third-order valence-corrected chi connectivity index (χ3v) is 9.02. The lowest BCUT2D eigenvalue weighted by Crippen LogP contribution is -2.44. The molecule has 1 aliphatic heterocycles. The van der Waals surface area contributed by atoms with E-state index in [-0.39, 0.29) is 6.61 Å². The molecule has 0 unspecified atom stereocenters. The highest BCUT2D eigenvalue weighted by atomic mass is 16.6. The molecule has 2 heterocycles. The molecule has 0 radical (unpaired) electrons. The molecule has 214 valence electrons. The van der Waals surface area contributed by atoms with Crippen molar-refractivity contribution in [3.05, 3.63) is 71.4 Å². The SMILES string of the molecule is CO/N=C\c1c(CNC(=O)OCc2ccccc2)n(C2CCN([C@H]3CC[C@@H](C(C)C)CC3)CC2)c2ccccc12. The van der Waals surface area contributed by atoms with E-state index in [9.17, 15) is 4.79 Å². The maximum atomic E-state index is 12.7. The number of nitrogens with zero attached hydrogens (tertiary/aromatic N) is 3. The number of benzene rings is 2. The number of piperidine rings is 1. The van der Waals surface area contributed by atoms with Crippen LogP contribution < -0.4 is 5.32 Å². The molecule has 1 aliphatic carbocycles. The van der Waals surface area contributed by atoms with Gasteiger partial charge in [-0.25, -0.2) is 4.79 Å². The first-order valence-corrected chi connectivity index (χ1v) is 14.9. The number of carbonyl (C=O) groups is 1. The number of carbonyl (C=O) groups excluding carboxylic acids is 1. The van der Waals surface area contributed by atoms with Crippen LogP contribution in [0.3, 0.4) is 0 Å². The van der Waals surface area contributed by atoms with E-state index in [0.717, 1.165) is 66.0 Å². The molecule has 2 aliphatic rings. The van der Waals surface area contributed by atoms with Gasteiger partial charge in [0.1, 0.15) is 13.7 Å². The van der Waals surface area contributed by atoms with Crippen molar-refractivity contribution in [2.75, 3.05) is 20.2 Å². The third-order valence-electron chi connectivity index (χ3n) is 9.02. The topological polar surface area (TPSA) is 68.1 Å². The number of hydrogen-bond donors (Lipinski definition) is 1. The Morgan fingerprint density at radius 1 is 0.975 bits per heavy atom. The molecule has 3 aromatic rings.